The van der Waals surface area contributed by atoms with Crippen molar-refractivity contribution in [2.75, 3.05) is 25.2 Å². The second kappa shape index (κ2) is 9.24. The monoisotopic (exact) mass is 389 g/mol. The fourth-order valence-electron chi connectivity index (χ4n) is 2.68. The van der Waals surface area contributed by atoms with Crippen LogP contribution in [0.2, 0.25) is 0 Å². The maximum absolute atomic E-state index is 12.2. The third-order valence-corrected chi connectivity index (χ3v) is 5.85. The van der Waals surface area contributed by atoms with E-state index in [-0.39, 0.29) is 11.9 Å². The van der Waals surface area contributed by atoms with E-state index >= 15 is 0 Å². The van der Waals surface area contributed by atoms with E-state index in [1.807, 2.05) is 25.1 Å². The first-order chi connectivity index (χ1) is 12.7. The van der Waals surface area contributed by atoms with Gasteiger partial charge < -0.3 is 14.8 Å². The van der Waals surface area contributed by atoms with E-state index in [0.29, 0.717) is 19.0 Å². The standard InChI is InChI=1S/C20H23NO3S2/c1-14(16-5-8-18-19(11-16)24-10-9-23-18)21-20(22)13-26-12-15-3-6-17(25-2)7-4-15/h3-8,11,14H,9-10,12-13H2,1-2H3,(H,21,22)/t14-/m1/s1. The minimum Gasteiger partial charge on any atom is -0.486 e. The van der Waals surface area contributed by atoms with Gasteiger partial charge >= 0.3 is 0 Å². The fourth-order valence-corrected chi connectivity index (χ4v) is 3.89. The summed E-state index contributed by atoms with van der Waals surface area (Å²) >= 11 is 3.36. The molecule has 0 unspecified atom stereocenters. The summed E-state index contributed by atoms with van der Waals surface area (Å²) in [7, 11) is 0. The topological polar surface area (TPSA) is 47.6 Å². The number of nitrogens with one attached hydrogen (secondary N) is 1. The molecule has 1 amide bonds. The highest BCUT2D eigenvalue weighted by molar-refractivity contribution is 7.99. The molecule has 0 saturated carbocycles. The molecule has 1 N–H and O–H groups in total. The quantitative estimate of drug-likeness (QED) is 0.716. The summed E-state index contributed by atoms with van der Waals surface area (Å²) in [6.07, 6.45) is 2.07. The Balaban J connectivity index is 1.46. The van der Waals surface area contributed by atoms with Crippen molar-refractivity contribution in [3.05, 3.63) is 53.6 Å². The van der Waals surface area contributed by atoms with Gasteiger partial charge in [0.15, 0.2) is 11.5 Å². The van der Waals surface area contributed by atoms with E-state index in [0.717, 1.165) is 22.8 Å². The van der Waals surface area contributed by atoms with E-state index < -0.39 is 0 Å². The van der Waals surface area contributed by atoms with E-state index in [2.05, 4.69) is 35.8 Å². The Morgan fingerprint density at radius 3 is 2.58 bits per heavy atom. The average molecular weight is 390 g/mol. The average Bonchev–Trinajstić information content (AvgIpc) is 2.68. The highest BCUT2D eigenvalue weighted by atomic mass is 32.2. The van der Waals surface area contributed by atoms with Crippen LogP contribution in [-0.2, 0) is 10.5 Å². The summed E-state index contributed by atoms with van der Waals surface area (Å²) in [5, 5.41) is 3.05. The Morgan fingerprint density at radius 2 is 1.85 bits per heavy atom. The molecule has 1 atom stereocenters. The number of amides is 1. The van der Waals surface area contributed by atoms with Crippen molar-refractivity contribution in [2.24, 2.45) is 0 Å². The summed E-state index contributed by atoms with van der Waals surface area (Å²) in [6, 6.07) is 14.2. The molecule has 2 aromatic carbocycles. The first-order valence-corrected chi connectivity index (χ1v) is 10.9. The zero-order valence-corrected chi connectivity index (χ0v) is 16.6. The van der Waals surface area contributed by atoms with Crippen LogP contribution >= 0.6 is 23.5 Å². The number of hydrogen-bond donors (Lipinski definition) is 1. The zero-order valence-electron chi connectivity index (χ0n) is 15.0. The van der Waals surface area contributed by atoms with Crippen LogP contribution in [0.4, 0.5) is 0 Å². The van der Waals surface area contributed by atoms with Crippen molar-refractivity contribution in [3.63, 3.8) is 0 Å². The number of carbonyl (C=O) groups excluding carboxylic acids is 1. The molecule has 6 heteroatoms. The zero-order chi connectivity index (χ0) is 18.4. The van der Waals surface area contributed by atoms with Crippen molar-refractivity contribution < 1.29 is 14.3 Å². The Bertz CT molecular complexity index is 749. The first-order valence-electron chi connectivity index (χ1n) is 8.55. The van der Waals surface area contributed by atoms with Crippen LogP contribution in [0.5, 0.6) is 11.5 Å². The van der Waals surface area contributed by atoms with Gasteiger partial charge in [0.1, 0.15) is 13.2 Å². The molecule has 0 bridgehead atoms. The molecule has 2 aromatic rings. The molecule has 0 aliphatic carbocycles. The fraction of sp³-hybridized carbons (Fsp3) is 0.350. The van der Waals surface area contributed by atoms with Crippen LogP contribution in [-0.4, -0.2) is 31.1 Å². The lowest BCUT2D eigenvalue weighted by molar-refractivity contribution is -0.119. The number of hydrogen-bond acceptors (Lipinski definition) is 5. The second-order valence-electron chi connectivity index (χ2n) is 6.03. The summed E-state index contributed by atoms with van der Waals surface area (Å²) in [6.45, 7) is 3.12. The molecular formula is C20H23NO3S2. The maximum atomic E-state index is 12.2. The van der Waals surface area contributed by atoms with E-state index in [1.165, 1.54) is 10.5 Å². The minimum atomic E-state index is -0.0696. The lowest BCUT2D eigenvalue weighted by Gasteiger charge is -2.21. The Labute approximate surface area is 163 Å². The number of carbonyl (C=O) groups is 1. The molecule has 0 spiro atoms. The molecule has 1 aliphatic heterocycles. The number of benzene rings is 2. The van der Waals surface area contributed by atoms with Gasteiger partial charge in [-0.15, -0.1) is 23.5 Å². The lowest BCUT2D eigenvalue weighted by atomic mass is 10.1. The largest absolute Gasteiger partial charge is 0.486 e. The molecule has 26 heavy (non-hydrogen) atoms. The summed E-state index contributed by atoms with van der Waals surface area (Å²) in [4.78, 5) is 13.5. The predicted octanol–water partition coefficient (Wildman–Crippen LogP) is 4.29. The van der Waals surface area contributed by atoms with Crippen molar-refractivity contribution in [1.82, 2.24) is 5.32 Å². The van der Waals surface area contributed by atoms with E-state index in [9.17, 15) is 4.79 Å². The molecule has 138 valence electrons. The molecule has 0 fully saturated rings. The van der Waals surface area contributed by atoms with Crippen LogP contribution in [0, 0.1) is 0 Å². The Morgan fingerprint density at radius 1 is 1.12 bits per heavy atom. The van der Waals surface area contributed by atoms with Crippen molar-refractivity contribution in [2.45, 2.75) is 23.6 Å². The van der Waals surface area contributed by atoms with E-state index in [1.54, 1.807) is 23.5 Å². The Hall–Kier alpha value is -1.79. The second-order valence-corrected chi connectivity index (χ2v) is 7.90. The number of fused-ring (bicyclic) bond motifs is 1. The van der Waals surface area contributed by atoms with Crippen molar-refractivity contribution >= 4 is 29.4 Å². The van der Waals surface area contributed by atoms with Gasteiger partial charge in [-0.25, -0.2) is 0 Å². The van der Waals surface area contributed by atoms with Crippen LogP contribution in [0.3, 0.4) is 0 Å². The molecule has 1 heterocycles. The summed E-state index contributed by atoms with van der Waals surface area (Å²) in [5.74, 6) is 2.83. The summed E-state index contributed by atoms with van der Waals surface area (Å²) in [5.41, 5.74) is 2.25. The van der Waals surface area contributed by atoms with Crippen molar-refractivity contribution in [3.8, 4) is 11.5 Å². The van der Waals surface area contributed by atoms with Crippen LogP contribution in [0.25, 0.3) is 0 Å². The van der Waals surface area contributed by atoms with Gasteiger partial charge in [0.05, 0.1) is 11.8 Å². The van der Waals surface area contributed by atoms with Crippen LogP contribution < -0.4 is 14.8 Å². The minimum absolute atomic E-state index is 0.0399. The lowest BCUT2D eigenvalue weighted by Crippen LogP contribution is -2.28. The van der Waals surface area contributed by atoms with Crippen LogP contribution in [0.15, 0.2) is 47.4 Å². The SMILES string of the molecule is CSc1ccc(CSCC(=O)N[C@H](C)c2ccc3c(c2)OCCO3)cc1. The molecule has 4 nitrogen and oxygen atoms in total. The normalized spacial score (nSPS) is 13.9. The van der Waals surface area contributed by atoms with Crippen molar-refractivity contribution in [1.29, 1.82) is 0 Å². The smallest absolute Gasteiger partial charge is 0.230 e. The molecule has 0 radical (unpaired) electrons. The predicted molar refractivity (Wildman–Crippen MR) is 108 cm³/mol. The molecule has 0 aromatic heterocycles. The molecular weight excluding hydrogens is 366 g/mol. The number of thioether (sulfide) groups is 2. The third kappa shape index (κ3) is 5.11. The van der Waals surface area contributed by atoms with Gasteiger partial charge in [0.2, 0.25) is 5.91 Å². The molecule has 0 saturated heterocycles. The van der Waals surface area contributed by atoms with Gasteiger partial charge in [0.25, 0.3) is 0 Å². The third-order valence-electron chi connectivity index (χ3n) is 4.10. The van der Waals surface area contributed by atoms with Gasteiger partial charge in [-0.3, -0.25) is 4.79 Å². The number of rotatable bonds is 7. The number of ether oxygens (including phenoxy) is 2. The molecule has 1 aliphatic rings. The maximum Gasteiger partial charge on any atom is 0.230 e. The van der Waals surface area contributed by atoms with Gasteiger partial charge in [-0.1, -0.05) is 18.2 Å². The summed E-state index contributed by atoms with van der Waals surface area (Å²) < 4.78 is 11.1. The van der Waals surface area contributed by atoms with E-state index in [4.69, 9.17) is 9.47 Å². The highest BCUT2D eigenvalue weighted by Crippen LogP contribution is 2.32. The highest BCUT2D eigenvalue weighted by Gasteiger charge is 2.15. The molecule has 3 rings (SSSR count). The first kappa shape index (κ1) is 19.0. The van der Waals surface area contributed by atoms with Gasteiger partial charge in [-0.2, -0.15) is 0 Å². The van der Waals surface area contributed by atoms with Gasteiger partial charge in [0, 0.05) is 10.6 Å². The van der Waals surface area contributed by atoms with Crippen LogP contribution in [0.1, 0.15) is 24.1 Å². The van der Waals surface area contributed by atoms with Gasteiger partial charge in [-0.05, 0) is 48.6 Å². The Kier molecular flexibility index (Phi) is 6.74.